The first-order valence-electron chi connectivity index (χ1n) is 11.5. The fraction of sp³-hybridized carbons (Fsp3) is 0.667. The van der Waals surface area contributed by atoms with Gasteiger partial charge in [-0.25, -0.2) is 19.9 Å². The smallest absolute Gasteiger partial charge is 0.168 e. The molecule has 3 rings (SSSR count). The number of nitrogens with two attached hydrogens (primary N) is 3. The van der Waals surface area contributed by atoms with Gasteiger partial charge in [0, 0.05) is 20.0 Å². The number of hydrogen-bond donors (Lipinski definition) is 9. The van der Waals surface area contributed by atoms with Gasteiger partial charge in [0.05, 0.1) is 55.5 Å². The van der Waals surface area contributed by atoms with E-state index in [1.165, 1.54) is 0 Å². The third kappa shape index (κ3) is 21.0. The van der Waals surface area contributed by atoms with Crippen LogP contribution in [0.15, 0.2) is 15.0 Å². The summed E-state index contributed by atoms with van der Waals surface area (Å²) in [5, 5.41) is 27.5. The lowest BCUT2D eigenvalue weighted by atomic mass is 10.6. The van der Waals surface area contributed by atoms with Gasteiger partial charge in [0.15, 0.2) is 15.3 Å². The van der Waals surface area contributed by atoms with E-state index >= 15 is 0 Å². The SMILES string of the molecule is NCN(CN)CN.S=C1NCN2CNC(=S)NCN(CN1)CNC(=S)NC2.S=C=NCN(CN=C=S)CN=C=S. The van der Waals surface area contributed by atoms with E-state index in [4.69, 9.17) is 53.9 Å². The van der Waals surface area contributed by atoms with Crippen molar-refractivity contribution >= 4 is 104 Å². The van der Waals surface area contributed by atoms with Crippen molar-refractivity contribution in [2.24, 2.45) is 32.2 Å². The third-order valence-corrected chi connectivity index (χ3v) is 5.81. The van der Waals surface area contributed by atoms with E-state index < -0.39 is 0 Å². The van der Waals surface area contributed by atoms with Gasteiger partial charge in [-0.1, -0.05) is 0 Å². The number of isothiocyanates is 3. The molecular weight excluding hydrogens is 633 g/mol. The van der Waals surface area contributed by atoms with Gasteiger partial charge in [-0.2, -0.15) is 0 Å². The minimum atomic E-state index is 0.366. The second kappa shape index (κ2) is 26.1. The van der Waals surface area contributed by atoms with Crippen LogP contribution in [0, 0.1) is 0 Å². The highest BCUT2D eigenvalue weighted by Gasteiger charge is 2.13. The van der Waals surface area contributed by atoms with Crippen LogP contribution in [0.3, 0.4) is 0 Å². The van der Waals surface area contributed by atoms with E-state index in [9.17, 15) is 0 Å². The van der Waals surface area contributed by atoms with Gasteiger partial charge in [0.1, 0.15) is 20.0 Å². The highest BCUT2D eigenvalue weighted by molar-refractivity contribution is 7.80. The van der Waals surface area contributed by atoms with Crippen molar-refractivity contribution in [2.75, 3.05) is 80.0 Å². The molecule has 0 atom stereocenters. The molecule has 40 heavy (non-hydrogen) atoms. The lowest BCUT2D eigenvalue weighted by Crippen LogP contribution is -2.58. The second-order valence-electron chi connectivity index (χ2n) is 7.40. The summed E-state index contributed by atoms with van der Waals surface area (Å²) < 4.78 is 0. The largest absolute Gasteiger partial charge is 0.350 e. The van der Waals surface area contributed by atoms with Crippen molar-refractivity contribution in [3.63, 3.8) is 0 Å². The number of nitrogens with one attached hydrogen (secondary N) is 6. The third-order valence-electron chi connectivity index (χ3n) is 4.56. The fourth-order valence-corrected chi connectivity index (χ4v) is 2.93. The number of fused-ring (bicyclic) bond motifs is 12. The summed E-state index contributed by atoms with van der Waals surface area (Å²) >= 11 is 28.9. The first-order chi connectivity index (χ1) is 19.3. The number of thiocarbonyl (C=S) groups is 6. The van der Waals surface area contributed by atoms with Gasteiger partial charge in [-0.15, -0.1) is 0 Å². The molecule has 0 spiro atoms. The molecule has 224 valence electrons. The van der Waals surface area contributed by atoms with Gasteiger partial charge in [0.25, 0.3) is 0 Å². The summed E-state index contributed by atoms with van der Waals surface area (Å²) in [6, 6.07) is 0. The van der Waals surface area contributed by atoms with Crippen molar-refractivity contribution < 1.29 is 0 Å². The molecule has 3 saturated heterocycles. The predicted molar refractivity (Wildman–Crippen MR) is 180 cm³/mol. The fourth-order valence-electron chi connectivity index (χ4n) is 2.37. The molecule has 0 amide bonds. The normalized spacial score (nSPS) is 18.7. The minimum Gasteiger partial charge on any atom is -0.350 e. The molecule has 22 heteroatoms. The Morgan fingerprint density at radius 2 is 0.800 bits per heavy atom. The second-order valence-corrected chi connectivity index (χ2v) is 9.17. The average molecular weight is 669 g/mol. The zero-order valence-electron chi connectivity index (χ0n) is 21.8. The molecule has 0 aliphatic carbocycles. The molecule has 3 aliphatic rings. The van der Waals surface area contributed by atoms with E-state index in [0.717, 1.165) is 0 Å². The first kappa shape index (κ1) is 38.2. The Morgan fingerprint density at radius 3 is 0.975 bits per heavy atom. The number of nitrogens with zero attached hydrogens (tertiary/aromatic N) is 7. The lowest BCUT2D eigenvalue weighted by Gasteiger charge is -2.31. The van der Waals surface area contributed by atoms with Crippen LogP contribution in [0.2, 0.25) is 0 Å². The Labute approximate surface area is 266 Å². The molecule has 0 aromatic carbocycles. The Hall–Kier alpha value is -1.81. The monoisotopic (exact) mass is 668 g/mol. The van der Waals surface area contributed by atoms with Crippen LogP contribution < -0.4 is 49.1 Å². The zero-order chi connectivity index (χ0) is 30.0. The molecule has 16 nitrogen and oxygen atoms in total. The molecule has 0 aromatic rings. The highest BCUT2D eigenvalue weighted by Crippen LogP contribution is 1.90. The van der Waals surface area contributed by atoms with Gasteiger partial charge in [0.2, 0.25) is 0 Å². The van der Waals surface area contributed by atoms with E-state index in [1.54, 1.807) is 9.80 Å². The molecule has 0 saturated carbocycles. The quantitative estimate of drug-likeness (QED) is 0.0696. The number of rotatable bonds is 9. The van der Waals surface area contributed by atoms with Gasteiger partial charge in [-0.3, -0.25) is 14.7 Å². The summed E-state index contributed by atoms with van der Waals surface area (Å²) in [5.74, 6) is 0. The molecule has 0 aromatic heterocycles. The lowest BCUT2D eigenvalue weighted by molar-refractivity contribution is 0.231. The van der Waals surface area contributed by atoms with Gasteiger partial charge < -0.3 is 49.1 Å². The minimum absolute atomic E-state index is 0.366. The van der Waals surface area contributed by atoms with E-state index in [0.29, 0.717) is 95.4 Å². The molecule has 3 aliphatic heterocycles. The molecular formula is C18H36N16S6. The molecule has 12 N–H and O–H groups in total. The van der Waals surface area contributed by atoms with Crippen molar-refractivity contribution in [1.29, 1.82) is 0 Å². The highest BCUT2D eigenvalue weighted by atomic mass is 32.1. The molecule has 0 unspecified atom stereocenters. The molecule has 2 bridgehead atoms. The predicted octanol–water partition coefficient (Wildman–Crippen LogP) is -2.74. The summed E-state index contributed by atoms with van der Waals surface area (Å²) in [7, 11) is 0. The first-order valence-corrected chi connectivity index (χ1v) is 13.9. The van der Waals surface area contributed by atoms with E-state index in [2.05, 4.69) is 109 Å². The standard InChI is InChI=1S/C9H18N8S3.C6H6N4S3.C3H12N4/c18-7-10-1-16-2-11-8(19)14-5-17(4-13-7)6-15-9(20)12-3-16;11-4-7-1-10(2-8-5-12)3-9-6-13;4-1-7(2-5)3-6/h1-6H2,(H2,10,13,18)(H2,11,14,19)(H2,12,15,20);1-3H2;1-6H2. The van der Waals surface area contributed by atoms with Crippen LogP contribution in [0.1, 0.15) is 0 Å². The van der Waals surface area contributed by atoms with Crippen LogP contribution in [-0.2, 0) is 0 Å². The van der Waals surface area contributed by atoms with Crippen LogP contribution in [0.4, 0.5) is 0 Å². The maximum Gasteiger partial charge on any atom is 0.168 e. The maximum atomic E-state index is 5.23. The Kier molecular flexibility index (Phi) is 24.9. The maximum absolute atomic E-state index is 5.23. The van der Waals surface area contributed by atoms with Crippen molar-refractivity contribution in [3.8, 4) is 0 Å². The van der Waals surface area contributed by atoms with Crippen LogP contribution in [-0.4, -0.2) is 130 Å². The van der Waals surface area contributed by atoms with Crippen LogP contribution in [0.5, 0.6) is 0 Å². The van der Waals surface area contributed by atoms with Crippen LogP contribution in [0.25, 0.3) is 0 Å². The van der Waals surface area contributed by atoms with E-state index in [1.807, 2.05) is 0 Å². The average Bonchev–Trinajstić information content (AvgIpc) is 2.96. The van der Waals surface area contributed by atoms with Gasteiger partial charge in [-0.05, 0) is 73.3 Å². The van der Waals surface area contributed by atoms with Crippen LogP contribution >= 0.6 is 73.3 Å². The molecule has 0 radical (unpaired) electrons. The Bertz CT molecular complexity index is 761. The van der Waals surface area contributed by atoms with E-state index in [-0.39, 0.29) is 0 Å². The summed E-state index contributed by atoms with van der Waals surface area (Å²) in [5.41, 5.74) is 15.5. The Balaban J connectivity index is 0.000000654. The summed E-state index contributed by atoms with van der Waals surface area (Å²) in [6.07, 6.45) is 0. The Morgan fingerprint density at radius 1 is 0.550 bits per heavy atom. The van der Waals surface area contributed by atoms with Crippen molar-refractivity contribution in [1.82, 2.24) is 51.5 Å². The summed E-state index contributed by atoms with van der Waals surface area (Å²) in [4.78, 5) is 18.7. The molecule has 3 fully saturated rings. The van der Waals surface area contributed by atoms with Gasteiger partial charge >= 0.3 is 0 Å². The van der Waals surface area contributed by atoms with Crippen molar-refractivity contribution in [3.05, 3.63) is 0 Å². The topological polar surface area (TPSA) is 200 Å². The number of aliphatic imine (C=N–C) groups is 3. The molecule has 3 heterocycles. The van der Waals surface area contributed by atoms with Crippen molar-refractivity contribution in [2.45, 2.75) is 0 Å². The zero-order valence-corrected chi connectivity index (χ0v) is 26.7. The number of hydrogen-bond acceptors (Lipinski definition) is 16. The summed E-state index contributed by atoms with van der Waals surface area (Å²) in [6.45, 7) is 5.89.